The van der Waals surface area contributed by atoms with Crippen molar-refractivity contribution in [3.8, 4) is 0 Å². The van der Waals surface area contributed by atoms with Gasteiger partial charge in [0.05, 0.1) is 12.0 Å². The molecule has 0 fully saturated rings. The van der Waals surface area contributed by atoms with Gasteiger partial charge < -0.3 is 16.0 Å². The van der Waals surface area contributed by atoms with E-state index in [-0.39, 0.29) is 5.91 Å². The maximum atomic E-state index is 12.1. The summed E-state index contributed by atoms with van der Waals surface area (Å²) >= 11 is 1.80. The number of carbonyl (C=O) groups is 1. The summed E-state index contributed by atoms with van der Waals surface area (Å²) < 4.78 is 0. The van der Waals surface area contributed by atoms with E-state index in [9.17, 15) is 4.79 Å². The lowest BCUT2D eigenvalue weighted by Gasteiger charge is -2.22. The summed E-state index contributed by atoms with van der Waals surface area (Å²) in [5, 5.41) is 11.6. The summed E-state index contributed by atoms with van der Waals surface area (Å²) in [6.07, 6.45) is 1.06. The Labute approximate surface area is 150 Å². The Balaban J connectivity index is 2.54. The van der Waals surface area contributed by atoms with E-state index in [1.807, 2.05) is 27.7 Å². The van der Waals surface area contributed by atoms with Gasteiger partial charge in [-0.15, -0.1) is 11.3 Å². The molecule has 0 radical (unpaired) electrons. The van der Waals surface area contributed by atoms with Gasteiger partial charge in [-0.05, 0) is 51.5 Å². The zero-order valence-corrected chi connectivity index (χ0v) is 16.4. The van der Waals surface area contributed by atoms with Crippen LogP contribution < -0.4 is 16.0 Å². The van der Waals surface area contributed by atoms with Crippen LogP contribution in [0.25, 0.3) is 0 Å². The van der Waals surface area contributed by atoms with Crippen molar-refractivity contribution in [3.05, 3.63) is 22.4 Å². The molecule has 1 heterocycles. The van der Waals surface area contributed by atoms with E-state index in [1.165, 1.54) is 4.88 Å². The van der Waals surface area contributed by atoms with Crippen molar-refractivity contribution in [1.29, 1.82) is 0 Å². The van der Waals surface area contributed by atoms with Gasteiger partial charge in [-0.1, -0.05) is 13.0 Å². The Morgan fingerprint density at radius 3 is 2.54 bits per heavy atom. The molecule has 1 unspecified atom stereocenters. The molecular weight excluding hydrogens is 320 g/mol. The number of amides is 1. The van der Waals surface area contributed by atoms with E-state index in [0.29, 0.717) is 19.0 Å². The third-order valence-electron chi connectivity index (χ3n) is 3.68. The summed E-state index contributed by atoms with van der Waals surface area (Å²) in [5.41, 5.74) is -0.513. The van der Waals surface area contributed by atoms with Gasteiger partial charge >= 0.3 is 0 Å². The first kappa shape index (κ1) is 20.5. The molecule has 5 nitrogen and oxygen atoms in total. The number of carbonyl (C=O) groups excluding carboxylic acids is 1. The molecule has 1 aromatic rings. The molecule has 0 saturated heterocycles. The quantitative estimate of drug-likeness (QED) is 0.473. The van der Waals surface area contributed by atoms with Crippen molar-refractivity contribution in [1.82, 2.24) is 16.0 Å². The second-order valence-electron chi connectivity index (χ2n) is 6.71. The van der Waals surface area contributed by atoms with Crippen molar-refractivity contribution in [2.45, 2.75) is 41.0 Å². The van der Waals surface area contributed by atoms with Crippen LogP contribution in [0.4, 0.5) is 0 Å². The molecule has 1 amide bonds. The Morgan fingerprint density at radius 2 is 1.96 bits per heavy atom. The average molecular weight is 353 g/mol. The minimum absolute atomic E-state index is 0.0376. The van der Waals surface area contributed by atoms with Gasteiger partial charge in [-0.3, -0.25) is 9.79 Å². The molecule has 0 aromatic carbocycles. The Kier molecular flexibility index (Phi) is 8.82. The van der Waals surface area contributed by atoms with Crippen LogP contribution in [0.3, 0.4) is 0 Å². The molecule has 136 valence electrons. The van der Waals surface area contributed by atoms with Crippen LogP contribution in [0.1, 0.15) is 39.5 Å². The van der Waals surface area contributed by atoms with Crippen LogP contribution in [0, 0.1) is 11.3 Å². The fraction of sp³-hybridized carbons (Fsp3) is 0.667. The molecule has 1 aromatic heterocycles. The molecule has 3 N–H and O–H groups in total. The van der Waals surface area contributed by atoms with Gasteiger partial charge in [0.25, 0.3) is 0 Å². The number of guanidine groups is 1. The summed E-state index contributed by atoms with van der Waals surface area (Å²) in [7, 11) is 0. The maximum Gasteiger partial charge on any atom is 0.227 e. The van der Waals surface area contributed by atoms with Gasteiger partial charge in [0.15, 0.2) is 5.96 Å². The van der Waals surface area contributed by atoms with Crippen LogP contribution in [0.15, 0.2) is 22.5 Å². The second kappa shape index (κ2) is 10.3. The van der Waals surface area contributed by atoms with Gasteiger partial charge in [-0.2, -0.15) is 0 Å². The number of hydrogen-bond acceptors (Lipinski definition) is 3. The monoisotopic (exact) mass is 352 g/mol. The SMILES string of the molecule is CCNC(=O)C(C)(C)CN=C(NCC)NCC(C)Cc1cccs1. The largest absolute Gasteiger partial charge is 0.357 e. The first-order chi connectivity index (χ1) is 11.4. The molecular formula is C18H32N4OS. The Bertz CT molecular complexity index is 511. The first-order valence-corrected chi connectivity index (χ1v) is 9.59. The van der Waals surface area contributed by atoms with Gasteiger partial charge in [0.2, 0.25) is 5.91 Å². The molecule has 0 aliphatic carbocycles. The zero-order valence-electron chi connectivity index (χ0n) is 15.6. The van der Waals surface area contributed by atoms with E-state index in [4.69, 9.17) is 0 Å². The van der Waals surface area contributed by atoms with Crippen molar-refractivity contribution < 1.29 is 4.79 Å². The molecule has 0 aliphatic heterocycles. The molecule has 6 heteroatoms. The smallest absolute Gasteiger partial charge is 0.227 e. The molecule has 0 spiro atoms. The Morgan fingerprint density at radius 1 is 1.25 bits per heavy atom. The topological polar surface area (TPSA) is 65.5 Å². The number of aliphatic imine (C=N–C) groups is 1. The summed E-state index contributed by atoms with van der Waals surface area (Å²) in [4.78, 5) is 18.1. The normalized spacial score (nSPS) is 13.5. The number of nitrogens with zero attached hydrogens (tertiary/aromatic N) is 1. The van der Waals surface area contributed by atoms with Crippen molar-refractivity contribution in [2.24, 2.45) is 16.3 Å². The van der Waals surface area contributed by atoms with E-state index in [1.54, 1.807) is 11.3 Å². The highest BCUT2D eigenvalue weighted by Crippen LogP contribution is 2.16. The molecule has 1 rings (SSSR count). The molecule has 24 heavy (non-hydrogen) atoms. The van der Waals surface area contributed by atoms with Gasteiger partial charge in [0, 0.05) is 24.5 Å². The standard InChI is InChI=1S/C18H32N4OS/c1-6-19-16(23)18(4,5)13-22-17(20-7-2)21-12-14(3)11-15-9-8-10-24-15/h8-10,14H,6-7,11-13H2,1-5H3,(H,19,23)(H2,20,21,22). The third-order valence-corrected chi connectivity index (χ3v) is 4.58. The average Bonchev–Trinajstić information content (AvgIpc) is 3.03. The number of rotatable bonds is 9. The molecule has 1 atom stereocenters. The predicted octanol–water partition coefficient (Wildman–Crippen LogP) is 2.64. The van der Waals surface area contributed by atoms with E-state index < -0.39 is 5.41 Å². The minimum Gasteiger partial charge on any atom is -0.357 e. The minimum atomic E-state index is -0.513. The third kappa shape index (κ3) is 7.34. The number of hydrogen-bond donors (Lipinski definition) is 3. The highest BCUT2D eigenvalue weighted by molar-refractivity contribution is 7.09. The Hall–Kier alpha value is -1.56. The lowest BCUT2D eigenvalue weighted by molar-refractivity contribution is -0.128. The summed E-state index contributed by atoms with van der Waals surface area (Å²) in [5.74, 6) is 1.33. The summed E-state index contributed by atoms with van der Waals surface area (Å²) in [6, 6.07) is 4.27. The summed E-state index contributed by atoms with van der Waals surface area (Å²) in [6.45, 7) is 12.8. The van der Waals surface area contributed by atoms with Gasteiger partial charge in [0.1, 0.15) is 0 Å². The number of thiophene rings is 1. The van der Waals surface area contributed by atoms with Crippen molar-refractivity contribution >= 4 is 23.2 Å². The van der Waals surface area contributed by atoms with Gasteiger partial charge in [-0.25, -0.2) is 0 Å². The van der Waals surface area contributed by atoms with Crippen LogP contribution in [-0.4, -0.2) is 38.0 Å². The molecule has 0 saturated carbocycles. The molecule has 0 aliphatic rings. The van der Waals surface area contributed by atoms with Crippen LogP contribution in [0.5, 0.6) is 0 Å². The predicted molar refractivity (Wildman–Crippen MR) is 104 cm³/mol. The molecule has 0 bridgehead atoms. The van der Waals surface area contributed by atoms with Crippen LogP contribution in [0.2, 0.25) is 0 Å². The van der Waals surface area contributed by atoms with E-state index >= 15 is 0 Å². The highest BCUT2D eigenvalue weighted by Gasteiger charge is 2.26. The lowest BCUT2D eigenvalue weighted by Crippen LogP contribution is -2.42. The fourth-order valence-corrected chi connectivity index (χ4v) is 3.08. The second-order valence-corrected chi connectivity index (χ2v) is 7.74. The van der Waals surface area contributed by atoms with E-state index in [0.717, 1.165) is 25.5 Å². The zero-order chi connectivity index (χ0) is 18.0. The first-order valence-electron chi connectivity index (χ1n) is 8.71. The van der Waals surface area contributed by atoms with Crippen molar-refractivity contribution in [3.63, 3.8) is 0 Å². The van der Waals surface area contributed by atoms with Crippen LogP contribution >= 0.6 is 11.3 Å². The maximum absolute atomic E-state index is 12.1. The van der Waals surface area contributed by atoms with Crippen LogP contribution in [-0.2, 0) is 11.2 Å². The van der Waals surface area contributed by atoms with E-state index in [2.05, 4.69) is 45.4 Å². The number of nitrogens with one attached hydrogen (secondary N) is 3. The fourth-order valence-electron chi connectivity index (χ4n) is 2.21. The lowest BCUT2D eigenvalue weighted by atomic mass is 9.92. The van der Waals surface area contributed by atoms with Crippen molar-refractivity contribution in [2.75, 3.05) is 26.2 Å². The highest BCUT2D eigenvalue weighted by atomic mass is 32.1.